The van der Waals surface area contributed by atoms with E-state index >= 15 is 0 Å². The minimum atomic E-state index is -3.85. The average Bonchev–Trinajstić information content (AvgIpc) is 3.08. The molecule has 9 nitrogen and oxygen atoms in total. The number of nitrogens with zero attached hydrogens (tertiary/aromatic N) is 3. The summed E-state index contributed by atoms with van der Waals surface area (Å²) in [5.41, 5.74) is 7.87. The first-order valence-electron chi connectivity index (χ1n) is 8.55. The summed E-state index contributed by atoms with van der Waals surface area (Å²) >= 11 is 1.35. The summed E-state index contributed by atoms with van der Waals surface area (Å²) in [5.74, 6) is -0.475. The van der Waals surface area contributed by atoms with Crippen LogP contribution in [0.1, 0.15) is 12.5 Å². The van der Waals surface area contributed by atoms with Crippen LogP contribution in [0.4, 0.5) is 5.13 Å². The Labute approximate surface area is 177 Å². The number of carbonyl (C=O) groups is 1. The molecule has 154 valence electrons. The van der Waals surface area contributed by atoms with Gasteiger partial charge in [-0.05, 0) is 41.5 Å². The molecule has 2 aromatic heterocycles. The van der Waals surface area contributed by atoms with Crippen molar-refractivity contribution in [3.63, 3.8) is 0 Å². The fraction of sp³-hybridized carbons (Fsp3) is 0.0526. The van der Waals surface area contributed by atoms with Crippen molar-refractivity contribution < 1.29 is 13.2 Å². The zero-order valence-corrected chi connectivity index (χ0v) is 17.5. The average molecular weight is 443 g/mol. The molecule has 0 radical (unpaired) electrons. The van der Waals surface area contributed by atoms with E-state index in [9.17, 15) is 13.2 Å². The van der Waals surface area contributed by atoms with Crippen molar-refractivity contribution in [2.75, 3.05) is 5.32 Å². The molecule has 0 saturated carbocycles. The second-order valence-corrected chi connectivity index (χ2v) is 8.75. The van der Waals surface area contributed by atoms with Gasteiger partial charge in [0.05, 0.1) is 10.2 Å². The van der Waals surface area contributed by atoms with Gasteiger partial charge in [0.25, 0.3) is 10.0 Å². The highest BCUT2D eigenvalue weighted by molar-refractivity contribution is 7.90. The molecule has 3 rings (SSSR count). The summed E-state index contributed by atoms with van der Waals surface area (Å²) in [7, 11) is -3.85. The van der Waals surface area contributed by atoms with Crippen molar-refractivity contribution in [2.45, 2.75) is 11.8 Å². The summed E-state index contributed by atoms with van der Waals surface area (Å²) in [6.45, 7) is 5.40. The lowest BCUT2D eigenvalue weighted by Crippen LogP contribution is -2.36. The maximum absolute atomic E-state index is 12.2. The van der Waals surface area contributed by atoms with Crippen LogP contribution >= 0.6 is 11.3 Å². The highest BCUT2D eigenvalue weighted by atomic mass is 32.2. The van der Waals surface area contributed by atoms with Crippen LogP contribution in [0, 0.1) is 0 Å². The Morgan fingerprint density at radius 1 is 1.33 bits per heavy atom. The zero-order valence-electron chi connectivity index (χ0n) is 15.9. The number of allylic oxidation sites excluding steroid dienone is 2. The van der Waals surface area contributed by atoms with E-state index in [0.29, 0.717) is 10.7 Å². The molecule has 0 aliphatic carbocycles. The lowest BCUT2D eigenvalue weighted by atomic mass is 10.1. The summed E-state index contributed by atoms with van der Waals surface area (Å²) < 4.78 is 27.4. The fourth-order valence-corrected chi connectivity index (χ4v) is 4.22. The van der Waals surface area contributed by atoms with Gasteiger partial charge in [-0.2, -0.15) is 0 Å². The van der Waals surface area contributed by atoms with E-state index in [-0.39, 0.29) is 16.8 Å². The van der Waals surface area contributed by atoms with Crippen LogP contribution in [0.3, 0.4) is 0 Å². The molecule has 0 atom stereocenters. The molecular weight excluding hydrogens is 424 g/mol. The molecule has 0 fully saturated rings. The van der Waals surface area contributed by atoms with E-state index in [1.54, 1.807) is 6.08 Å². The van der Waals surface area contributed by atoms with Gasteiger partial charge in [0.1, 0.15) is 4.90 Å². The van der Waals surface area contributed by atoms with Gasteiger partial charge in [-0.15, -0.1) is 0 Å². The molecule has 1 amide bonds. The van der Waals surface area contributed by atoms with Crippen LogP contribution in [0.15, 0.2) is 71.5 Å². The standard InChI is InChI=1S/C19H18N6O3S2/c1-12(14-5-6-16-17(10-14)29-19(24-16)23-13(2)26)7-9-22-18(20)25-30(27,28)15-4-3-8-21-11-15/h3-11H,1H2,2H3,(H3,20,22,25)(H,23,24,26)/b9-7-. The monoisotopic (exact) mass is 442 g/mol. The molecule has 0 bridgehead atoms. The number of sulfonamides is 1. The molecule has 3 aromatic rings. The van der Waals surface area contributed by atoms with E-state index in [1.165, 1.54) is 49.0 Å². The number of carbonyl (C=O) groups excluding carboxylic acids is 1. The summed E-state index contributed by atoms with van der Waals surface area (Å²) in [6, 6.07) is 8.46. The molecule has 11 heteroatoms. The number of pyridine rings is 1. The Morgan fingerprint density at radius 2 is 2.13 bits per heavy atom. The first-order chi connectivity index (χ1) is 14.2. The van der Waals surface area contributed by atoms with Gasteiger partial charge in [-0.1, -0.05) is 24.0 Å². The summed E-state index contributed by atoms with van der Waals surface area (Å²) in [4.78, 5) is 23.1. The third-order valence-corrected chi connectivity index (χ3v) is 5.99. The lowest BCUT2D eigenvalue weighted by molar-refractivity contribution is -0.114. The van der Waals surface area contributed by atoms with Crippen molar-refractivity contribution in [3.8, 4) is 0 Å². The largest absolute Gasteiger partial charge is 0.369 e. The van der Waals surface area contributed by atoms with Crippen molar-refractivity contribution in [1.29, 1.82) is 0 Å². The third kappa shape index (κ3) is 5.27. The van der Waals surface area contributed by atoms with Gasteiger partial charge in [-0.3, -0.25) is 9.78 Å². The number of benzene rings is 1. The molecule has 0 aliphatic heterocycles. The minimum Gasteiger partial charge on any atom is -0.369 e. The number of nitrogens with one attached hydrogen (secondary N) is 2. The number of amides is 1. The number of aliphatic imine (C=N–C) groups is 1. The first-order valence-corrected chi connectivity index (χ1v) is 10.8. The number of aromatic nitrogens is 2. The second-order valence-electron chi connectivity index (χ2n) is 6.03. The number of fused-ring (bicyclic) bond motifs is 1. The number of hydrogen-bond donors (Lipinski definition) is 3. The Bertz CT molecular complexity index is 1260. The molecule has 30 heavy (non-hydrogen) atoms. The maximum Gasteiger partial charge on any atom is 0.265 e. The minimum absolute atomic E-state index is 0.0203. The van der Waals surface area contributed by atoms with E-state index < -0.39 is 10.0 Å². The van der Waals surface area contributed by atoms with Crippen LogP contribution in [0.5, 0.6) is 0 Å². The maximum atomic E-state index is 12.2. The van der Waals surface area contributed by atoms with Crippen LogP contribution < -0.4 is 15.8 Å². The smallest absolute Gasteiger partial charge is 0.265 e. The zero-order chi connectivity index (χ0) is 21.7. The summed E-state index contributed by atoms with van der Waals surface area (Å²) in [5, 5.41) is 3.18. The number of hydrogen-bond acceptors (Lipinski definition) is 7. The normalized spacial score (nSPS) is 12.2. The third-order valence-electron chi connectivity index (χ3n) is 3.72. The van der Waals surface area contributed by atoms with Gasteiger partial charge >= 0.3 is 0 Å². The van der Waals surface area contributed by atoms with Gasteiger partial charge in [0.2, 0.25) is 11.9 Å². The topological polar surface area (TPSA) is 139 Å². The Hall–Kier alpha value is -3.57. The lowest BCUT2D eigenvalue weighted by Gasteiger charge is -2.05. The van der Waals surface area contributed by atoms with Crippen LogP contribution in [-0.4, -0.2) is 30.3 Å². The summed E-state index contributed by atoms with van der Waals surface area (Å²) in [6.07, 6.45) is 5.63. The van der Waals surface area contributed by atoms with Crippen molar-refractivity contribution in [3.05, 3.63) is 67.1 Å². The first kappa shape index (κ1) is 21.1. The van der Waals surface area contributed by atoms with E-state index in [4.69, 9.17) is 5.73 Å². The van der Waals surface area contributed by atoms with Gasteiger partial charge in [0, 0.05) is 25.5 Å². The predicted octanol–water partition coefficient (Wildman–Crippen LogP) is 2.47. The molecular formula is C19H18N6O3S2. The molecule has 1 aromatic carbocycles. The van der Waals surface area contributed by atoms with Crippen LogP contribution in [0.2, 0.25) is 0 Å². The van der Waals surface area contributed by atoms with Crippen LogP contribution in [-0.2, 0) is 14.8 Å². The Morgan fingerprint density at radius 3 is 2.83 bits per heavy atom. The van der Waals surface area contributed by atoms with Gasteiger partial charge in [-0.25, -0.2) is 23.1 Å². The Balaban J connectivity index is 1.69. The molecule has 2 heterocycles. The van der Waals surface area contributed by atoms with Crippen molar-refractivity contribution >= 4 is 54.1 Å². The quantitative estimate of drug-likeness (QED) is 0.304. The number of guanidine groups is 1. The van der Waals surface area contributed by atoms with Crippen molar-refractivity contribution in [1.82, 2.24) is 14.7 Å². The van der Waals surface area contributed by atoms with E-state index in [0.717, 1.165) is 15.8 Å². The van der Waals surface area contributed by atoms with Crippen molar-refractivity contribution in [2.24, 2.45) is 10.7 Å². The number of anilines is 1. The molecule has 0 aliphatic rings. The SMILES string of the molecule is C=C(/C=C\N=C(/N)NS(=O)(=O)c1cccnc1)c1ccc2nc(NC(C)=O)sc2c1. The molecule has 0 spiro atoms. The molecule has 0 saturated heterocycles. The fourth-order valence-electron chi connectivity index (χ4n) is 2.36. The predicted molar refractivity (Wildman–Crippen MR) is 118 cm³/mol. The number of rotatable bonds is 6. The number of thiazole rings is 1. The second kappa shape index (κ2) is 8.84. The van der Waals surface area contributed by atoms with E-state index in [1.807, 2.05) is 18.2 Å². The molecule has 4 N–H and O–H groups in total. The highest BCUT2D eigenvalue weighted by Gasteiger charge is 2.14. The molecule has 0 unspecified atom stereocenters. The van der Waals surface area contributed by atoms with Gasteiger partial charge < -0.3 is 11.1 Å². The number of nitrogens with two attached hydrogens (primary N) is 1. The van der Waals surface area contributed by atoms with E-state index in [2.05, 4.69) is 31.6 Å². The Kier molecular flexibility index (Phi) is 6.23. The highest BCUT2D eigenvalue weighted by Crippen LogP contribution is 2.28. The van der Waals surface area contributed by atoms with Gasteiger partial charge in [0.15, 0.2) is 5.13 Å². The van der Waals surface area contributed by atoms with Crippen LogP contribution in [0.25, 0.3) is 15.8 Å².